The minimum Gasteiger partial charge on any atom is -0.495 e. The van der Waals surface area contributed by atoms with Crippen LogP contribution in [0.15, 0.2) is 71.4 Å². The Hall–Kier alpha value is -4.20. The van der Waals surface area contributed by atoms with Gasteiger partial charge >= 0.3 is 5.97 Å². The molecule has 0 aliphatic rings. The van der Waals surface area contributed by atoms with E-state index in [9.17, 15) is 19.1 Å². The number of fused-ring (bicyclic) bond motifs is 1. The van der Waals surface area contributed by atoms with E-state index < -0.39 is 23.1 Å². The zero-order valence-corrected chi connectivity index (χ0v) is 17.3. The summed E-state index contributed by atoms with van der Waals surface area (Å²) in [6.07, 6.45) is 2.90. The van der Waals surface area contributed by atoms with Gasteiger partial charge in [0.1, 0.15) is 17.1 Å². The molecule has 2 heterocycles. The minimum atomic E-state index is -1.71. The summed E-state index contributed by atoms with van der Waals surface area (Å²) < 4.78 is 25.6. The van der Waals surface area contributed by atoms with Crippen LogP contribution in [0.5, 0.6) is 5.75 Å². The van der Waals surface area contributed by atoms with Gasteiger partial charge in [-0.3, -0.25) is 9.78 Å². The topological polar surface area (TPSA) is 102 Å². The van der Waals surface area contributed by atoms with E-state index in [1.54, 1.807) is 18.2 Å². The number of anilines is 1. The number of benzene rings is 2. The van der Waals surface area contributed by atoms with Gasteiger partial charge in [-0.25, -0.2) is 9.18 Å². The number of nitrogens with zero attached hydrogens (tertiary/aromatic N) is 1. The molecule has 4 aromatic rings. The highest BCUT2D eigenvalue weighted by atomic mass is 19.1. The number of carboxylic acids is 1. The van der Waals surface area contributed by atoms with Crippen LogP contribution in [0.1, 0.15) is 28.4 Å². The second-order valence-electron chi connectivity index (χ2n) is 7.23. The molecule has 4 rings (SSSR count). The molecule has 162 valence electrons. The number of ketones is 1. The summed E-state index contributed by atoms with van der Waals surface area (Å²) in [5.74, 6) is -1.95. The lowest BCUT2D eigenvalue weighted by molar-refractivity contribution is -0.120. The van der Waals surface area contributed by atoms with Crippen LogP contribution < -0.4 is 10.1 Å². The molecular formula is C24H19FN2O5. The fraction of sp³-hybridized carbons (Fsp3) is 0.125. The standard InChI is InChI=1S/C24H19FN2O5/c1-14(28)24(18-11-20(31-2)13-26-12-18,17-7-16(23(29)30)8-19(25)10-17)27-22-9-15-5-3-4-6-21(15)32-22/h3-13,27H,1-2H3,(H,29,30). The van der Waals surface area contributed by atoms with Gasteiger partial charge in [0.2, 0.25) is 0 Å². The summed E-state index contributed by atoms with van der Waals surface area (Å²) in [4.78, 5) is 29.0. The number of nitrogens with one attached hydrogen (secondary N) is 1. The first-order chi connectivity index (χ1) is 15.3. The lowest BCUT2D eigenvalue weighted by Crippen LogP contribution is -2.43. The molecule has 1 atom stereocenters. The Morgan fingerprint density at radius 1 is 1.09 bits per heavy atom. The van der Waals surface area contributed by atoms with Crippen LogP contribution in [0.2, 0.25) is 0 Å². The van der Waals surface area contributed by atoms with Gasteiger partial charge in [-0.05, 0) is 42.8 Å². The molecule has 7 nitrogen and oxygen atoms in total. The predicted octanol–water partition coefficient (Wildman–Crippen LogP) is 4.62. The van der Waals surface area contributed by atoms with E-state index in [1.165, 1.54) is 32.5 Å². The average molecular weight is 434 g/mol. The van der Waals surface area contributed by atoms with Gasteiger partial charge in [0, 0.05) is 23.2 Å². The molecule has 2 aromatic heterocycles. The van der Waals surface area contributed by atoms with E-state index in [0.29, 0.717) is 16.9 Å². The molecule has 2 N–H and O–H groups in total. The summed E-state index contributed by atoms with van der Waals surface area (Å²) >= 11 is 0. The van der Waals surface area contributed by atoms with Gasteiger partial charge in [-0.1, -0.05) is 18.2 Å². The van der Waals surface area contributed by atoms with Crippen LogP contribution >= 0.6 is 0 Å². The van der Waals surface area contributed by atoms with Crippen molar-refractivity contribution in [1.82, 2.24) is 4.98 Å². The Balaban J connectivity index is 1.99. The van der Waals surface area contributed by atoms with Crippen molar-refractivity contribution >= 4 is 28.6 Å². The molecule has 0 amide bonds. The number of methoxy groups -OCH3 is 1. The number of hydrogen-bond donors (Lipinski definition) is 2. The summed E-state index contributed by atoms with van der Waals surface area (Å²) in [6, 6.07) is 13.8. The van der Waals surface area contributed by atoms with E-state index in [0.717, 1.165) is 17.5 Å². The van der Waals surface area contributed by atoms with Gasteiger partial charge < -0.3 is 19.6 Å². The fourth-order valence-corrected chi connectivity index (χ4v) is 3.70. The van der Waals surface area contributed by atoms with Crippen molar-refractivity contribution in [2.24, 2.45) is 0 Å². The zero-order chi connectivity index (χ0) is 22.9. The maximum Gasteiger partial charge on any atom is 0.335 e. The second-order valence-corrected chi connectivity index (χ2v) is 7.23. The van der Waals surface area contributed by atoms with Crippen LogP contribution in [0, 0.1) is 5.82 Å². The van der Waals surface area contributed by atoms with Gasteiger partial charge in [0.25, 0.3) is 0 Å². The van der Waals surface area contributed by atoms with Crippen molar-refractivity contribution < 1.29 is 28.2 Å². The molecule has 1 unspecified atom stereocenters. The maximum atomic E-state index is 14.5. The highest BCUT2D eigenvalue weighted by molar-refractivity contribution is 5.96. The summed E-state index contributed by atoms with van der Waals surface area (Å²) in [7, 11) is 1.45. The first-order valence-corrected chi connectivity index (χ1v) is 9.65. The Bertz CT molecular complexity index is 1300. The SMILES string of the molecule is COc1cncc(C(Nc2cc3ccccc3o2)(C(C)=O)c2cc(F)cc(C(=O)O)c2)c1. The third-order valence-electron chi connectivity index (χ3n) is 5.22. The Labute approximate surface area is 182 Å². The molecule has 0 aliphatic carbocycles. The number of Topliss-reactive ketones (excluding diaryl/α,β-unsaturated/α-hetero) is 1. The summed E-state index contributed by atoms with van der Waals surface area (Å²) in [6.45, 7) is 1.32. The number of carboxylic acid groups (broad SMARTS) is 1. The van der Waals surface area contributed by atoms with Crippen LogP contribution in [0.3, 0.4) is 0 Å². The van der Waals surface area contributed by atoms with E-state index in [1.807, 2.05) is 18.2 Å². The van der Waals surface area contributed by atoms with Crippen LogP contribution in [-0.4, -0.2) is 29.0 Å². The number of rotatable bonds is 7. The third kappa shape index (κ3) is 3.66. The van der Waals surface area contributed by atoms with Crippen LogP contribution in [0.25, 0.3) is 11.0 Å². The number of aromatic carboxylic acids is 1. The first-order valence-electron chi connectivity index (χ1n) is 9.65. The van der Waals surface area contributed by atoms with Gasteiger partial charge in [-0.15, -0.1) is 0 Å². The normalized spacial score (nSPS) is 12.8. The van der Waals surface area contributed by atoms with Crippen molar-refractivity contribution in [2.45, 2.75) is 12.5 Å². The number of ether oxygens (including phenoxy) is 1. The second kappa shape index (κ2) is 8.14. The number of carbonyl (C=O) groups excluding carboxylic acids is 1. The molecule has 32 heavy (non-hydrogen) atoms. The molecule has 0 aliphatic heterocycles. The molecule has 0 saturated carbocycles. The fourth-order valence-electron chi connectivity index (χ4n) is 3.70. The first kappa shape index (κ1) is 21.0. The lowest BCUT2D eigenvalue weighted by Gasteiger charge is -2.33. The van der Waals surface area contributed by atoms with E-state index in [-0.39, 0.29) is 17.0 Å². The number of pyridine rings is 1. The summed E-state index contributed by atoms with van der Waals surface area (Å²) in [5, 5.41) is 13.3. The third-order valence-corrected chi connectivity index (χ3v) is 5.22. The smallest absolute Gasteiger partial charge is 0.335 e. The Morgan fingerprint density at radius 3 is 2.56 bits per heavy atom. The van der Waals surface area contributed by atoms with Gasteiger partial charge in [-0.2, -0.15) is 0 Å². The number of aromatic nitrogens is 1. The highest BCUT2D eigenvalue weighted by Gasteiger charge is 2.42. The predicted molar refractivity (Wildman–Crippen MR) is 115 cm³/mol. The van der Waals surface area contributed by atoms with Crippen molar-refractivity contribution in [3.63, 3.8) is 0 Å². The minimum absolute atomic E-state index is 0.0814. The maximum absolute atomic E-state index is 14.5. The molecule has 0 bridgehead atoms. The molecular weight excluding hydrogens is 415 g/mol. The molecule has 2 aromatic carbocycles. The van der Waals surface area contributed by atoms with Crippen molar-refractivity contribution in [3.05, 3.63) is 89.5 Å². The van der Waals surface area contributed by atoms with E-state index in [4.69, 9.17) is 9.15 Å². The molecule has 8 heteroatoms. The number of halogens is 1. The molecule has 0 spiro atoms. The monoisotopic (exact) mass is 434 g/mol. The summed E-state index contributed by atoms with van der Waals surface area (Å²) in [5.41, 5.74) is -1.01. The molecule has 0 saturated heterocycles. The Morgan fingerprint density at radius 2 is 1.88 bits per heavy atom. The van der Waals surface area contributed by atoms with Crippen molar-refractivity contribution in [2.75, 3.05) is 12.4 Å². The van der Waals surface area contributed by atoms with E-state index >= 15 is 0 Å². The van der Waals surface area contributed by atoms with Gasteiger partial charge in [0.05, 0.1) is 18.9 Å². The average Bonchev–Trinajstić information content (AvgIpc) is 3.19. The lowest BCUT2D eigenvalue weighted by atomic mass is 9.79. The van der Waals surface area contributed by atoms with E-state index in [2.05, 4.69) is 10.3 Å². The van der Waals surface area contributed by atoms with Crippen molar-refractivity contribution in [3.8, 4) is 5.75 Å². The van der Waals surface area contributed by atoms with Gasteiger partial charge in [0.15, 0.2) is 17.2 Å². The number of hydrogen-bond acceptors (Lipinski definition) is 6. The largest absolute Gasteiger partial charge is 0.495 e. The van der Waals surface area contributed by atoms with Crippen LogP contribution in [-0.2, 0) is 10.3 Å². The van der Waals surface area contributed by atoms with Crippen molar-refractivity contribution in [1.29, 1.82) is 0 Å². The quantitative estimate of drug-likeness (QED) is 0.438. The molecule has 0 fully saturated rings. The number of furan rings is 1. The number of carbonyl (C=O) groups is 2. The number of para-hydroxylation sites is 1. The Kier molecular flexibility index (Phi) is 5.36. The van der Waals surface area contributed by atoms with Crippen LogP contribution in [0.4, 0.5) is 10.3 Å². The molecule has 0 radical (unpaired) electrons. The highest BCUT2D eigenvalue weighted by Crippen LogP contribution is 2.38. The zero-order valence-electron chi connectivity index (χ0n) is 17.3.